The molecule has 2 aromatic rings. The average Bonchev–Trinajstić information content (AvgIpc) is 2.62. The minimum atomic E-state index is -4.66. The molecule has 1 atom stereocenters. The zero-order valence-electron chi connectivity index (χ0n) is 13.7. The molecule has 0 saturated carbocycles. The molecule has 0 radical (unpaired) electrons. The molecule has 3 rings (SSSR count). The van der Waals surface area contributed by atoms with Gasteiger partial charge < -0.3 is 9.64 Å². The Morgan fingerprint density at radius 1 is 1.12 bits per heavy atom. The highest BCUT2D eigenvalue weighted by Crippen LogP contribution is 2.33. The molecule has 0 aromatic heterocycles. The number of sulfone groups is 1. The molecule has 134 valence electrons. The van der Waals surface area contributed by atoms with E-state index in [2.05, 4.69) is 0 Å². The zero-order valence-corrected chi connectivity index (χ0v) is 14.5. The number of para-hydroxylation sites is 1. The zero-order chi connectivity index (χ0) is 18.0. The van der Waals surface area contributed by atoms with Crippen molar-refractivity contribution in [1.82, 2.24) is 0 Å². The van der Waals surface area contributed by atoms with Crippen molar-refractivity contribution < 1.29 is 21.9 Å². The largest absolute Gasteiger partial charge is 0.370 e. The second kappa shape index (κ2) is 7.09. The van der Waals surface area contributed by atoms with Gasteiger partial charge in [-0.2, -0.15) is 8.78 Å². The van der Waals surface area contributed by atoms with Gasteiger partial charge in [0.2, 0.25) is 9.84 Å². The SMILES string of the molecule is Cc1ccccc1C1CN(c2ccccc2S(=O)(=O)C(F)F)CCO1. The van der Waals surface area contributed by atoms with Crippen molar-refractivity contribution in [3.05, 3.63) is 59.7 Å². The van der Waals surface area contributed by atoms with Crippen LogP contribution in [-0.2, 0) is 14.6 Å². The minimum absolute atomic E-state index is 0.239. The van der Waals surface area contributed by atoms with Gasteiger partial charge in [0.05, 0.1) is 17.2 Å². The second-order valence-corrected chi connectivity index (χ2v) is 7.82. The minimum Gasteiger partial charge on any atom is -0.370 e. The van der Waals surface area contributed by atoms with E-state index in [4.69, 9.17) is 4.74 Å². The molecule has 1 unspecified atom stereocenters. The predicted molar refractivity (Wildman–Crippen MR) is 91.7 cm³/mol. The van der Waals surface area contributed by atoms with Crippen LogP contribution >= 0.6 is 0 Å². The third-order valence-electron chi connectivity index (χ3n) is 4.35. The van der Waals surface area contributed by atoms with E-state index < -0.39 is 15.6 Å². The first-order valence-corrected chi connectivity index (χ1v) is 9.49. The second-order valence-electron chi connectivity index (χ2n) is 5.94. The van der Waals surface area contributed by atoms with E-state index in [1.807, 2.05) is 31.2 Å². The molecule has 2 aromatic carbocycles. The summed E-state index contributed by atoms with van der Waals surface area (Å²) in [6.07, 6.45) is -0.239. The number of morpholine rings is 1. The van der Waals surface area contributed by atoms with E-state index in [0.29, 0.717) is 25.4 Å². The van der Waals surface area contributed by atoms with Gasteiger partial charge in [0.25, 0.3) is 0 Å². The monoisotopic (exact) mass is 367 g/mol. The molecule has 0 amide bonds. The number of aryl methyl sites for hydroxylation is 1. The molecule has 0 spiro atoms. The summed E-state index contributed by atoms with van der Waals surface area (Å²) < 4.78 is 55.8. The van der Waals surface area contributed by atoms with Gasteiger partial charge in [-0.15, -0.1) is 0 Å². The number of benzene rings is 2. The number of halogens is 2. The average molecular weight is 367 g/mol. The summed E-state index contributed by atoms with van der Waals surface area (Å²) in [6.45, 7) is 3.22. The Kier molecular flexibility index (Phi) is 5.06. The van der Waals surface area contributed by atoms with Crippen molar-refractivity contribution in [3.63, 3.8) is 0 Å². The maximum atomic E-state index is 13.0. The lowest BCUT2D eigenvalue weighted by atomic mass is 10.0. The van der Waals surface area contributed by atoms with E-state index in [0.717, 1.165) is 11.1 Å². The molecule has 1 saturated heterocycles. The summed E-state index contributed by atoms with van der Waals surface area (Å²) in [5, 5.41) is 0. The number of hydrogen-bond acceptors (Lipinski definition) is 4. The van der Waals surface area contributed by atoms with E-state index in [9.17, 15) is 17.2 Å². The van der Waals surface area contributed by atoms with Gasteiger partial charge in [-0.25, -0.2) is 8.42 Å². The van der Waals surface area contributed by atoms with E-state index in [-0.39, 0.29) is 11.0 Å². The van der Waals surface area contributed by atoms with Crippen molar-refractivity contribution in [2.75, 3.05) is 24.6 Å². The Hall–Kier alpha value is -1.99. The summed E-state index contributed by atoms with van der Waals surface area (Å²) in [7, 11) is -4.66. The van der Waals surface area contributed by atoms with Crippen molar-refractivity contribution in [1.29, 1.82) is 0 Å². The summed E-state index contributed by atoms with van der Waals surface area (Å²) >= 11 is 0. The van der Waals surface area contributed by atoms with Gasteiger partial charge in [-0.3, -0.25) is 0 Å². The van der Waals surface area contributed by atoms with Crippen LogP contribution in [0, 0.1) is 6.92 Å². The van der Waals surface area contributed by atoms with Gasteiger partial charge in [-0.05, 0) is 30.2 Å². The quantitative estimate of drug-likeness (QED) is 0.829. The Balaban J connectivity index is 1.94. The van der Waals surface area contributed by atoms with Crippen molar-refractivity contribution >= 4 is 15.5 Å². The maximum absolute atomic E-state index is 13.0. The molecule has 1 heterocycles. The van der Waals surface area contributed by atoms with Crippen LogP contribution in [0.1, 0.15) is 17.2 Å². The maximum Gasteiger partial charge on any atom is 0.341 e. The summed E-state index contributed by atoms with van der Waals surface area (Å²) in [5.41, 5.74) is 2.38. The predicted octanol–water partition coefficient (Wildman–Crippen LogP) is 3.57. The molecule has 4 nitrogen and oxygen atoms in total. The Morgan fingerprint density at radius 2 is 1.80 bits per heavy atom. The van der Waals surface area contributed by atoms with Gasteiger partial charge in [-0.1, -0.05) is 36.4 Å². The fraction of sp³-hybridized carbons (Fsp3) is 0.333. The fourth-order valence-corrected chi connectivity index (χ4v) is 4.01. The van der Waals surface area contributed by atoms with Crippen molar-refractivity contribution in [2.45, 2.75) is 23.7 Å². The highest BCUT2D eigenvalue weighted by Gasteiger charge is 2.32. The van der Waals surface area contributed by atoms with Crippen LogP contribution in [0.5, 0.6) is 0 Å². The fourth-order valence-electron chi connectivity index (χ4n) is 3.06. The number of ether oxygens (including phenoxy) is 1. The third-order valence-corrected chi connectivity index (χ3v) is 5.78. The Bertz CT molecular complexity index is 855. The van der Waals surface area contributed by atoms with E-state index in [1.165, 1.54) is 12.1 Å². The van der Waals surface area contributed by atoms with Gasteiger partial charge in [0.15, 0.2) is 0 Å². The number of alkyl halides is 2. The van der Waals surface area contributed by atoms with Crippen LogP contribution in [0.4, 0.5) is 14.5 Å². The van der Waals surface area contributed by atoms with Crippen LogP contribution < -0.4 is 4.90 Å². The first-order chi connectivity index (χ1) is 11.9. The summed E-state index contributed by atoms with van der Waals surface area (Å²) in [4.78, 5) is 1.46. The molecule has 1 fully saturated rings. The van der Waals surface area contributed by atoms with Crippen molar-refractivity contribution in [3.8, 4) is 0 Å². The highest BCUT2D eigenvalue weighted by atomic mass is 32.2. The van der Waals surface area contributed by atoms with Crippen LogP contribution in [0.25, 0.3) is 0 Å². The molecule has 0 bridgehead atoms. The molecule has 7 heteroatoms. The Labute approximate surface area is 146 Å². The normalized spacial score (nSPS) is 18.6. The standard InChI is InChI=1S/C18H19F2NO3S/c1-13-6-2-3-7-14(13)16-12-21(10-11-24-16)15-8-4-5-9-17(15)25(22,23)18(19)20/h2-9,16,18H,10-12H2,1H3. The first kappa shape index (κ1) is 17.8. The number of hydrogen-bond donors (Lipinski definition) is 0. The van der Waals surface area contributed by atoms with Crippen LogP contribution in [0.2, 0.25) is 0 Å². The third kappa shape index (κ3) is 3.52. The van der Waals surface area contributed by atoms with Crippen LogP contribution in [-0.4, -0.2) is 33.9 Å². The van der Waals surface area contributed by atoms with E-state index >= 15 is 0 Å². The van der Waals surface area contributed by atoms with Gasteiger partial charge in [0, 0.05) is 13.1 Å². The lowest BCUT2D eigenvalue weighted by Gasteiger charge is -2.36. The van der Waals surface area contributed by atoms with Crippen LogP contribution in [0.15, 0.2) is 53.4 Å². The topological polar surface area (TPSA) is 46.6 Å². The van der Waals surface area contributed by atoms with Gasteiger partial charge in [0.1, 0.15) is 6.10 Å². The summed E-state index contributed by atoms with van der Waals surface area (Å²) in [6, 6.07) is 13.7. The van der Waals surface area contributed by atoms with Crippen LogP contribution in [0.3, 0.4) is 0 Å². The molecule has 25 heavy (non-hydrogen) atoms. The molecule has 0 N–H and O–H groups in total. The number of anilines is 1. The van der Waals surface area contributed by atoms with E-state index in [1.54, 1.807) is 17.0 Å². The lowest BCUT2D eigenvalue weighted by Crippen LogP contribution is -2.39. The first-order valence-electron chi connectivity index (χ1n) is 7.94. The molecule has 0 aliphatic carbocycles. The molecule has 1 aliphatic heterocycles. The van der Waals surface area contributed by atoms with Crippen molar-refractivity contribution in [2.24, 2.45) is 0 Å². The smallest absolute Gasteiger partial charge is 0.341 e. The van der Waals surface area contributed by atoms with Gasteiger partial charge >= 0.3 is 5.76 Å². The molecular weight excluding hydrogens is 348 g/mol. The Morgan fingerprint density at radius 3 is 2.52 bits per heavy atom. The molecule has 1 aliphatic rings. The lowest BCUT2D eigenvalue weighted by molar-refractivity contribution is 0.0392. The number of rotatable bonds is 4. The molecular formula is C18H19F2NO3S. The number of nitrogens with zero attached hydrogens (tertiary/aromatic N) is 1. The highest BCUT2D eigenvalue weighted by molar-refractivity contribution is 7.91. The summed E-state index contributed by atoms with van der Waals surface area (Å²) in [5.74, 6) is -3.44.